The van der Waals surface area contributed by atoms with Gasteiger partial charge in [0.15, 0.2) is 0 Å². The second kappa shape index (κ2) is 11.2. The fourth-order valence-corrected chi connectivity index (χ4v) is 4.78. The normalized spacial score (nSPS) is 19.6. The number of hydrogen-bond donors (Lipinski definition) is 3. The molecule has 3 aliphatic rings. The Balaban J connectivity index is 0.000000807. The van der Waals surface area contributed by atoms with Crippen LogP contribution in [0.25, 0.3) is 5.57 Å². The van der Waals surface area contributed by atoms with Gasteiger partial charge in [0.05, 0.1) is 11.7 Å². The monoisotopic (exact) mass is 487 g/mol. The number of hydrogen-bond acceptors (Lipinski definition) is 4. The van der Waals surface area contributed by atoms with Gasteiger partial charge < -0.3 is 21.1 Å². The van der Waals surface area contributed by atoms with Gasteiger partial charge in [-0.15, -0.1) is 13.2 Å². The number of amides is 1. The van der Waals surface area contributed by atoms with E-state index in [1.165, 1.54) is 16.7 Å². The molecule has 4 rings (SSSR count). The van der Waals surface area contributed by atoms with Crippen LogP contribution in [0.15, 0.2) is 53.2 Å². The number of anilines is 1. The van der Waals surface area contributed by atoms with Crippen molar-refractivity contribution in [2.75, 3.05) is 18.8 Å². The molecule has 1 unspecified atom stereocenters. The number of nitrogens with two attached hydrogens (primary N) is 1. The highest BCUT2D eigenvalue weighted by atomic mass is 79.9. The Labute approximate surface area is 194 Å². The van der Waals surface area contributed by atoms with Gasteiger partial charge in [0.25, 0.3) is 0 Å². The van der Waals surface area contributed by atoms with Crippen LogP contribution in [-0.2, 0) is 11.2 Å². The van der Waals surface area contributed by atoms with E-state index >= 15 is 0 Å². The SMILES string of the molecule is C=C.CC.CC(=O)N1CCC(=C2c3cc(N)c(O)cc3CCC3=CC(Br)=CNC32)CC1. The standard InChI is InChI=1S/C21H24BrN3O2.C2H6.C2H4/c1-12(26)25-6-4-13(5-7-25)20-17-10-18(23)19(27)9-14(17)2-3-15-8-16(22)11-24-21(15)20;2*1-2/h8-11,21,24,27H,2-7,23H2,1H3;1-2H3;1-2H2. The number of aryl methyl sites for hydroxylation is 1. The third kappa shape index (κ3) is 5.42. The van der Waals surface area contributed by atoms with Gasteiger partial charge in [-0.2, -0.15) is 0 Å². The Bertz CT molecular complexity index is 908. The average Bonchev–Trinajstić information content (AvgIpc) is 2.93. The first-order valence-corrected chi connectivity index (χ1v) is 11.6. The van der Waals surface area contributed by atoms with Crippen molar-refractivity contribution in [3.63, 3.8) is 0 Å². The van der Waals surface area contributed by atoms with E-state index in [0.29, 0.717) is 5.69 Å². The molecule has 1 amide bonds. The zero-order valence-electron chi connectivity index (χ0n) is 18.8. The van der Waals surface area contributed by atoms with Crippen molar-refractivity contribution in [1.29, 1.82) is 0 Å². The molecule has 1 saturated heterocycles. The second-order valence-electron chi connectivity index (χ2n) is 7.44. The van der Waals surface area contributed by atoms with Gasteiger partial charge in [-0.3, -0.25) is 4.79 Å². The molecule has 0 bridgehead atoms. The summed E-state index contributed by atoms with van der Waals surface area (Å²) in [5.74, 6) is 0.285. The number of benzene rings is 1. The van der Waals surface area contributed by atoms with Gasteiger partial charge in [0.1, 0.15) is 5.75 Å². The van der Waals surface area contributed by atoms with E-state index < -0.39 is 0 Å². The Morgan fingerprint density at radius 1 is 1.19 bits per heavy atom. The lowest BCUT2D eigenvalue weighted by molar-refractivity contribution is -0.129. The Morgan fingerprint density at radius 2 is 1.84 bits per heavy atom. The Kier molecular flexibility index (Phi) is 8.99. The summed E-state index contributed by atoms with van der Waals surface area (Å²) in [6, 6.07) is 3.84. The number of fused-ring (bicyclic) bond motifs is 2. The van der Waals surface area contributed by atoms with Crippen molar-refractivity contribution >= 4 is 33.1 Å². The lowest BCUT2D eigenvalue weighted by Gasteiger charge is -2.33. The van der Waals surface area contributed by atoms with Gasteiger partial charge in [0.2, 0.25) is 5.91 Å². The van der Waals surface area contributed by atoms with Crippen LogP contribution in [0.4, 0.5) is 5.69 Å². The molecule has 0 spiro atoms. The number of likely N-dealkylation sites (tertiary alicyclic amines) is 1. The third-order valence-electron chi connectivity index (χ3n) is 5.79. The summed E-state index contributed by atoms with van der Waals surface area (Å²) in [5, 5.41) is 13.7. The number of carbonyl (C=O) groups is 1. The molecular formula is C25H34BrN3O2. The molecule has 1 aromatic carbocycles. The fraction of sp³-hybridized carbons (Fsp3) is 0.400. The number of halogens is 1. The van der Waals surface area contributed by atoms with Crippen LogP contribution in [0.2, 0.25) is 0 Å². The number of nitrogen functional groups attached to an aromatic ring is 1. The quantitative estimate of drug-likeness (QED) is 0.264. The molecule has 0 radical (unpaired) electrons. The van der Waals surface area contributed by atoms with Crippen molar-refractivity contribution in [3.05, 3.63) is 64.3 Å². The molecule has 6 heteroatoms. The van der Waals surface area contributed by atoms with Crippen molar-refractivity contribution in [1.82, 2.24) is 10.2 Å². The molecule has 5 nitrogen and oxygen atoms in total. The van der Waals surface area contributed by atoms with E-state index in [2.05, 4.69) is 40.5 Å². The third-order valence-corrected chi connectivity index (χ3v) is 6.25. The summed E-state index contributed by atoms with van der Waals surface area (Å²) in [6.07, 6.45) is 7.71. The van der Waals surface area contributed by atoms with Crippen LogP contribution in [0, 0.1) is 0 Å². The van der Waals surface area contributed by atoms with Gasteiger partial charge in [-0.1, -0.05) is 19.4 Å². The summed E-state index contributed by atoms with van der Waals surface area (Å²) < 4.78 is 1.04. The van der Waals surface area contributed by atoms with E-state index in [1.54, 1.807) is 6.92 Å². The van der Waals surface area contributed by atoms with Crippen LogP contribution in [-0.4, -0.2) is 35.0 Å². The number of carbonyl (C=O) groups excluding carboxylic acids is 1. The molecule has 0 saturated carbocycles. The number of aromatic hydroxyl groups is 1. The highest BCUT2D eigenvalue weighted by molar-refractivity contribution is 9.11. The maximum Gasteiger partial charge on any atom is 0.219 e. The molecule has 4 N–H and O–H groups in total. The number of nitrogens with one attached hydrogen (secondary N) is 1. The number of phenols is 1. The van der Waals surface area contributed by atoms with Crippen LogP contribution in [0.1, 0.15) is 51.2 Å². The molecular weight excluding hydrogens is 454 g/mol. The Hall–Kier alpha value is -2.47. The van der Waals surface area contributed by atoms with Crippen LogP contribution >= 0.6 is 15.9 Å². The second-order valence-corrected chi connectivity index (χ2v) is 8.36. The van der Waals surface area contributed by atoms with E-state index in [-0.39, 0.29) is 17.7 Å². The van der Waals surface area contributed by atoms with E-state index in [9.17, 15) is 9.90 Å². The van der Waals surface area contributed by atoms with Crippen molar-refractivity contribution in [2.24, 2.45) is 0 Å². The lowest BCUT2D eigenvalue weighted by atomic mass is 9.84. The molecule has 168 valence electrons. The fourth-order valence-electron chi connectivity index (χ4n) is 4.35. The number of rotatable bonds is 0. The van der Waals surface area contributed by atoms with Crippen molar-refractivity contribution in [3.8, 4) is 5.75 Å². The molecule has 1 aliphatic carbocycles. The largest absolute Gasteiger partial charge is 0.506 e. The molecule has 1 atom stereocenters. The van der Waals surface area contributed by atoms with E-state index in [4.69, 9.17) is 5.73 Å². The number of phenolic OH excluding ortho intramolecular Hbond substituents is 1. The van der Waals surface area contributed by atoms with Crippen molar-refractivity contribution in [2.45, 2.75) is 52.5 Å². The average molecular weight is 488 g/mol. The smallest absolute Gasteiger partial charge is 0.219 e. The van der Waals surface area contributed by atoms with Gasteiger partial charge in [0, 0.05) is 30.7 Å². The zero-order valence-corrected chi connectivity index (χ0v) is 20.4. The molecule has 2 aliphatic heterocycles. The summed E-state index contributed by atoms with van der Waals surface area (Å²) in [7, 11) is 0. The minimum Gasteiger partial charge on any atom is -0.506 e. The topological polar surface area (TPSA) is 78.6 Å². The van der Waals surface area contributed by atoms with Crippen LogP contribution < -0.4 is 11.1 Å². The number of nitrogens with zero attached hydrogens (tertiary/aromatic N) is 1. The summed E-state index contributed by atoms with van der Waals surface area (Å²) in [4.78, 5) is 13.6. The lowest BCUT2D eigenvalue weighted by Crippen LogP contribution is -2.36. The first-order chi connectivity index (χ1) is 14.9. The minimum atomic E-state index is 0.107. The molecule has 1 aromatic rings. The molecule has 31 heavy (non-hydrogen) atoms. The van der Waals surface area contributed by atoms with Gasteiger partial charge in [-0.25, -0.2) is 0 Å². The summed E-state index contributed by atoms with van der Waals surface area (Å²) in [5.41, 5.74) is 12.7. The predicted octanol–water partition coefficient (Wildman–Crippen LogP) is 5.28. The first-order valence-electron chi connectivity index (χ1n) is 10.9. The van der Waals surface area contributed by atoms with Crippen LogP contribution in [0.5, 0.6) is 5.75 Å². The maximum absolute atomic E-state index is 11.7. The summed E-state index contributed by atoms with van der Waals surface area (Å²) >= 11 is 3.58. The van der Waals surface area contributed by atoms with E-state index in [0.717, 1.165) is 54.4 Å². The molecule has 0 aromatic heterocycles. The van der Waals surface area contributed by atoms with Crippen molar-refractivity contribution < 1.29 is 9.90 Å². The highest BCUT2D eigenvalue weighted by Gasteiger charge is 2.31. The number of allylic oxidation sites excluding steroid dienone is 2. The first kappa shape index (κ1) is 24.8. The van der Waals surface area contributed by atoms with Crippen LogP contribution in [0.3, 0.4) is 0 Å². The van der Waals surface area contributed by atoms with Gasteiger partial charge in [-0.05, 0) is 82.1 Å². The summed E-state index contributed by atoms with van der Waals surface area (Å²) in [6.45, 7) is 13.1. The van der Waals surface area contributed by atoms with E-state index in [1.807, 2.05) is 37.1 Å². The molecule has 1 fully saturated rings. The molecule has 2 heterocycles. The number of piperidine rings is 1. The highest BCUT2D eigenvalue weighted by Crippen LogP contribution is 2.42. The van der Waals surface area contributed by atoms with Gasteiger partial charge >= 0.3 is 0 Å². The minimum absolute atomic E-state index is 0.107. The zero-order chi connectivity index (χ0) is 23.1. The predicted molar refractivity (Wildman–Crippen MR) is 134 cm³/mol. The number of dihydropyridines is 1. The Morgan fingerprint density at radius 3 is 2.45 bits per heavy atom. The maximum atomic E-state index is 11.7.